The van der Waals surface area contributed by atoms with Gasteiger partial charge >= 0.3 is 5.97 Å². The van der Waals surface area contributed by atoms with Crippen molar-refractivity contribution in [2.75, 3.05) is 33.3 Å². The Balaban J connectivity index is 2.51. The zero-order chi connectivity index (χ0) is 15.7. The molecular formula is C16H30N2O3. The third-order valence-corrected chi connectivity index (χ3v) is 4.46. The van der Waals surface area contributed by atoms with E-state index in [0.29, 0.717) is 24.8 Å². The summed E-state index contributed by atoms with van der Waals surface area (Å²) in [6, 6.07) is 0. The number of hydrogen-bond donors (Lipinski definition) is 1. The minimum atomic E-state index is -0.336. The van der Waals surface area contributed by atoms with Gasteiger partial charge in [-0.3, -0.25) is 9.59 Å². The lowest BCUT2D eigenvalue weighted by atomic mass is 10.0. The van der Waals surface area contributed by atoms with E-state index in [9.17, 15) is 9.59 Å². The molecule has 0 aromatic carbocycles. The normalized spacial score (nSPS) is 18.0. The van der Waals surface area contributed by atoms with E-state index in [4.69, 9.17) is 4.74 Å². The van der Waals surface area contributed by atoms with E-state index < -0.39 is 0 Å². The Morgan fingerprint density at radius 1 is 1.33 bits per heavy atom. The summed E-state index contributed by atoms with van der Waals surface area (Å²) in [5.74, 6) is 0.796. The molecule has 1 aliphatic rings. The lowest BCUT2D eigenvalue weighted by Crippen LogP contribution is -2.39. The maximum Gasteiger partial charge on any atom is 0.325 e. The van der Waals surface area contributed by atoms with Crippen LogP contribution in [0, 0.1) is 11.8 Å². The van der Waals surface area contributed by atoms with Crippen LogP contribution in [0.15, 0.2) is 0 Å². The van der Waals surface area contributed by atoms with Gasteiger partial charge in [-0.25, -0.2) is 0 Å². The number of carbonyl (C=O) groups is 2. The predicted octanol–water partition coefficient (Wildman–Crippen LogP) is 1.81. The SMILES string of the molecule is CCC(CC)CN(CC(=O)OC)C(=O)CCC1CCNC1. The van der Waals surface area contributed by atoms with Crippen LogP contribution < -0.4 is 5.32 Å². The highest BCUT2D eigenvalue weighted by molar-refractivity contribution is 5.82. The first-order chi connectivity index (χ1) is 10.1. The fourth-order valence-electron chi connectivity index (χ4n) is 2.78. The third kappa shape index (κ3) is 6.46. The first-order valence-electron chi connectivity index (χ1n) is 8.15. The Bertz CT molecular complexity index is 323. The van der Waals surface area contributed by atoms with Crippen molar-refractivity contribution in [3.63, 3.8) is 0 Å². The summed E-state index contributed by atoms with van der Waals surface area (Å²) in [6.07, 6.45) is 4.63. The predicted molar refractivity (Wildman–Crippen MR) is 82.9 cm³/mol. The first kappa shape index (κ1) is 18.0. The van der Waals surface area contributed by atoms with Crippen LogP contribution in [0.4, 0.5) is 0 Å². The Labute approximate surface area is 128 Å². The Morgan fingerprint density at radius 2 is 2.05 bits per heavy atom. The van der Waals surface area contributed by atoms with Crippen LogP contribution in [0.25, 0.3) is 0 Å². The van der Waals surface area contributed by atoms with Crippen LogP contribution >= 0.6 is 0 Å². The number of carbonyl (C=O) groups excluding carboxylic acids is 2. The highest BCUT2D eigenvalue weighted by Gasteiger charge is 2.22. The van der Waals surface area contributed by atoms with Crippen LogP contribution in [0.1, 0.15) is 46.0 Å². The quantitative estimate of drug-likeness (QED) is 0.660. The van der Waals surface area contributed by atoms with Gasteiger partial charge in [0.15, 0.2) is 0 Å². The van der Waals surface area contributed by atoms with Gasteiger partial charge in [0.25, 0.3) is 0 Å². The molecule has 0 radical (unpaired) electrons. The number of rotatable bonds is 9. The molecule has 1 aliphatic heterocycles. The van der Waals surface area contributed by atoms with Crippen molar-refractivity contribution in [1.82, 2.24) is 10.2 Å². The van der Waals surface area contributed by atoms with E-state index >= 15 is 0 Å². The second-order valence-electron chi connectivity index (χ2n) is 5.93. The van der Waals surface area contributed by atoms with Crippen molar-refractivity contribution in [2.24, 2.45) is 11.8 Å². The molecule has 1 atom stereocenters. The molecule has 5 nitrogen and oxygen atoms in total. The fourth-order valence-corrected chi connectivity index (χ4v) is 2.78. The molecule has 1 saturated heterocycles. The van der Waals surface area contributed by atoms with E-state index in [-0.39, 0.29) is 18.4 Å². The number of ether oxygens (including phenoxy) is 1. The summed E-state index contributed by atoms with van der Waals surface area (Å²) in [5.41, 5.74) is 0. The zero-order valence-corrected chi connectivity index (χ0v) is 13.7. The minimum Gasteiger partial charge on any atom is -0.468 e. The second-order valence-corrected chi connectivity index (χ2v) is 5.93. The van der Waals surface area contributed by atoms with E-state index in [1.807, 2.05) is 0 Å². The van der Waals surface area contributed by atoms with Gasteiger partial charge in [0.1, 0.15) is 6.54 Å². The van der Waals surface area contributed by atoms with Gasteiger partial charge in [0.2, 0.25) is 5.91 Å². The molecule has 1 heterocycles. The van der Waals surface area contributed by atoms with Crippen molar-refractivity contribution in [3.05, 3.63) is 0 Å². The second kappa shape index (κ2) is 9.77. The molecule has 1 fully saturated rings. The van der Waals surface area contributed by atoms with Crippen molar-refractivity contribution in [2.45, 2.75) is 46.0 Å². The maximum absolute atomic E-state index is 12.4. The summed E-state index contributed by atoms with van der Waals surface area (Å²) in [7, 11) is 1.37. The number of hydrogen-bond acceptors (Lipinski definition) is 4. The topological polar surface area (TPSA) is 58.6 Å². The van der Waals surface area contributed by atoms with Gasteiger partial charge in [0.05, 0.1) is 7.11 Å². The van der Waals surface area contributed by atoms with E-state index in [0.717, 1.165) is 38.8 Å². The highest BCUT2D eigenvalue weighted by atomic mass is 16.5. The lowest BCUT2D eigenvalue weighted by Gasteiger charge is -2.26. The average molecular weight is 298 g/mol. The summed E-state index contributed by atoms with van der Waals surface area (Å²) in [5, 5.41) is 3.32. The first-order valence-corrected chi connectivity index (χ1v) is 8.15. The summed E-state index contributed by atoms with van der Waals surface area (Å²) < 4.78 is 4.71. The number of methoxy groups -OCH3 is 1. The average Bonchev–Trinajstić information content (AvgIpc) is 3.02. The molecule has 5 heteroatoms. The molecule has 1 N–H and O–H groups in total. The molecule has 1 amide bonds. The van der Waals surface area contributed by atoms with E-state index in [1.165, 1.54) is 7.11 Å². The number of nitrogens with zero attached hydrogens (tertiary/aromatic N) is 1. The molecule has 0 aromatic heterocycles. The molecule has 0 saturated carbocycles. The molecule has 0 spiro atoms. The Morgan fingerprint density at radius 3 is 2.57 bits per heavy atom. The number of esters is 1. The molecule has 0 aliphatic carbocycles. The largest absolute Gasteiger partial charge is 0.468 e. The molecule has 0 aromatic rings. The standard InChI is InChI=1S/C16H30N2O3/c1-4-13(5-2)11-18(12-16(20)21-3)15(19)7-6-14-8-9-17-10-14/h13-14,17H,4-12H2,1-3H3. The van der Waals surface area contributed by atoms with Crippen LogP contribution in [-0.4, -0.2) is 50.1 Å². The number of nitrogens with one attached hydrogen (secondary N) is 1. The molecule has 1 rings (SSSR count). The van der Waals surface area contributed by atoms with Crippen LogP contribution in [-0.2, 0) is 14.3 Å². The molecule has 122 valence electrons. The van der Waals surface area contributed by atoms with Gasteiger partial charge in [-0.2, -0.15) is 0 Å². The molecular weight excluding hydrogens is 268 g/mol. The minimum absolute atomic E-state index is 0.0781. The molecule has 0 bridgehead atoms. The highest BCUT2D eigenvalue weighted by Crippen LogP contribution is 2.17. The third-order valence-electron chi connectivity index (χ3n) is 4.46. The van der Waals surface area contributed by atoms with Crippen molar-refractivity contribution in [3.8, 4) is 0 Å². The summed E-state index contributed by atoms with van der Waals surface area (Å²) in [6.45, 7) is 7.05. The smallest absolute Gasteiger partial charge is 0.325 e. The zero-order valence-electron chi connectivity index (χ0n) is 13.7. The van der Waals surface area contributed by atoms with Gasteiger partial charge in [-0.05, 0) is 37.8 Å². The van der Waals surface area contributed by atoms with Gasteiger partial charge in [0, 0.05) is 13.0 Å². The van der Waals surface area contributed by atoms with Crippen molar-refractivity contribution >= 4 is 11.9 Å². The van der Waals surface area contributed by atoms with Gasteiger partial charge in [-0.1, -0.05) is 26.7 Å². The Hall–Kier alpha value is -1.10. The summed E-state index contributed by atoms with van der Waals surface area (Å²) in [4.78, 5) is 25.6. The van der Waals surface area contributed by atoms with Gasteiger partial charge in [-0.15, -0.1) is 0 Å². The van der Waals surface area contributed by atoms with Gasteiger partial charge < -0.3 is 15.0 Å². The Kier molecular flexibility index (Phi) is 8.35. The van der Waals surface area contributed by atoms with Crippen molar-refractivity contribution < 1.29 is 14.3 Å². The summed E-state index contributed by atoms with van der Waals surface area (Å²) >= 11 is 0. The number of amides is 1. The van der Waals surface area contributed by atoms with Crippen LogP contribution in [0.2, 0.25) is 0 Å². The lowest BCUT2D eigenvalue weighted by molar-refractivity contribution is -0.147. The van der Waals surface area contributed by atoms with E-state index in [1.54, 1.807) is 4.90 Å². The van der Waals surface area contributed by atoms with Crippen LogP contribution in [0.3, 0.4) is 0 Å². The van der Waals surface area contributed by atoms with Crippen molar-refractivity contribution in [1.29, 1.82) is 0 Å². The van der Waals surface area contributed by atoms with E-state index in [2.05, 4.69) is 19.2 Å². The molecule has 1 unspecified atom stereocenters. The van der Waals surface area contributed by atoms with Crippen LogP contribution in [0.5, 0.6) is 0 Å². The fraction of sp³-hybridized carbons (Fsp3) is 0.875. The molecule has 21 heavy (non-hydrogen) atoms. The maximum atomic E-state index is 12.4. The monoisotopic (exact) mass is 298 g/mol.